The molecule has 10 atom stereocenters. The Hall–Kier alpha value is -0.400. The van der Waals surface area contributed by atoms with E-state index in [0.29, 0.717) is 0 Å². The van der Waals surface area contributed by atoms with Crippen molar-refractivity contribution in [1.29, 1.82) is 0 Å². The summed E-state index contributed by atoms with van der Waals surface area (Å²) >= 11 is 0. The van der Waals surface area contributed by atoms with E-state index in [-0.39, 0.29) is 6.61 Å². The number of hydrogen-bond donors (Lipinski definition) is 5. The van der Waals surface area contributed by atoms with Crippen LogP contribution in [0.15, 0.2) is 0 Å². The lowest BCUT2D eigenvalue weighted by Gasteiger charge is -2.42. The van der Waals surface area contributed by atoms with Crippen LogP contribution in [0.3, 0.4) is 0 Å². The van der Waals surface area contributed by atoms with Gasteiger partial charge in [-0.2, -0.15) is 0 Å². The number of rotatable bonds is 6. The van der Waals surface area contributed by atoms with Gasteiger partial charge in [-0.1, -0.05) is 6.10 Å². The molecule has 2 heterocycles. The first-order valence-electron chi connectivity index (χ1n) is 7.76. The lowest BCUT2D eigenvalue weighted by molar-refractivity contribution is -0.444. The molecule has 2 aliphatic rings. The molecule has 0 aromatic rings. The topological polar surface area (TPSA) is 161 Å². The molecule has 0 aromatic heterocycles. The Kier molecular flexibility index (Phi) is 6.90. The lowest BCUT2D eigenvalue weighted by Crippen LogP contribution is -2.60. The molecule has 0 radical (unpaired) electrons. The van der Waals surface area contributed by atoms with Crippen LogP contribution >= 0.6 is 0 Å². The van der Waals surface area contributed by atoms with Crippen molar-refractivity contribution in [2.45, 2.75) is 68.1 Å². The van der Waals surface area contributed by atoms with Gasteiger partial charge in [-0.25, -0.2) is 0 Å². The first kappa shape index (κ1) is 19.9. The molecule has 0 aliphatic carbocycles. The van der Waals surface area contributed by atoms with Gasteiger partial charge in [-0.05, 0) is 6.92 Å². The van der Waals surface area contributed by atoms with Gasteiger partial charge in [0.2, 0.25) is 0 Å². The average molecular weight is 353 g/mol. The first-order chi connectivity index (χ1) is 11.3. The van der Waals surface area contributed by atoms with Crippen LogP contribution in [0.1, 0.15) is 6.92 Å². The fraction of sp³-hybridized carbons (Fsp3) is 1.00. The molecule has 2 aliphatic heterocycles. The van der Waals surface area contributed by atoms with Crippen LogP contribution in [-0.2, 0) is 18.9 Å². The van der Waals surface area contributed by atoms with Crippen molar-refractivity contribution in [3.05, 3.63) is 0 Å². The third-order valence-corrected chi connectivity index (χ3v) is 4.34. The fourth-order valence-corrected chi connectivity index (χ4v) is 2.93. The third kappa shape index (κ3) is 3.88. The number of hydrogen-bond acceptors (Lipinski definition) is 10. The highest BCUT2D eigenvalue weighted by molar-refractivity contribution is 4.95. The predicted octanol–water partition coefficient (Wildman–Crippen LogP) is -4.30. The summed E-state index contributed by atoms with van der Waals surface area (Å²) in [5.74, 6) is 0. The summed E-state index contributed by atoms with van der Waals surface area (Å²) in [4.78, 5) is 0. The highest BCUT2D eigenvalue weighted by Gasteiger charge is 2.48. The second-order valence-corrected chi connectivity index (χ2v) is 6.09. The highest BCUT2D eigenvalue weighted by Crippen LogP contribution is 2.29. The van der Waals surface area contributed by atoms with Crippen molar-refractivity contribution in [3.63, 3.8) is 0 Å². The van der Waals surface area contributed by atoms with Crippen molar-refractivity contribution >= 4 is 0 Å². The van der Waals surface area contributed by atoms with Crippen LogP contribution < -0.4 is 5.11 Å². The average Bonchev–Trinajstić information content (AvgIpc) is 2.83. The minimum atomic E-state index is -1.68. The van der Waals surface area contributed by atoms with Crippen LogP contribution in [0.2, 0.25) is 0 Å². The Morgan fingerprint density at radius 1 is 1.12 bits per heavy atom. The van der Waals surface area contributed by atoms with Crippen molar-refractivity contribution in [3.8, 4) is 0 Å². The maximum Gasteiger partial charge on any atom is 0.183 e. The monoisotopic (exact) mass is 353 g/mol. The van der Waals surface area contributed by atoms with Crippen LogP contribution in [-0.4, -0.2) is 107 Å². The highest BCUT2D eigenvalue weighted by atomic mass is 16.7. The summed E-state index contributed by atoms with van der Waals surface area (Å²) < 4.78 is 20.7. The quantitative estimate of drug-likeness (QED) is 0.316. The van der Waals surface area contributed by atoms with E-state index in [1.54, 1.807) is 0 Å². The molecule has 0 spiro atoms. The molecule has 3 unspecified atom stereocenters. The minimum absolute atomic E-state index is 0.158. The summed E-state index contributed by atoms with van der Waals surface area (Å²) in [5, 5.41) is 61.3. The maximum absolute atomic E-state index is 12.0. The number of aliphatic hydroxyl groups is 5. The van der Waals surface area contributed by atoms with Crippen LogP contribution in [0.4, 0.5) is 0 Å². The summed E-state index contributed by atoms with van der Waals surface area (Å²) in [6, 6.07) is 0. The lowest BCUT2D eigenvalue weighted by atomic mass is 9.95. The standard InChI is InChI=1S/C14H25O10/c1-5-8(17)13(9(18)7(3-15)22-5)24-14-11(20)10(19)12(23-14)6(16)4-21-2/h5-18,20H,3-4H2,1-2H3/q-1/t5-,6+,7?,8?,9+,10+,11-,12-,13?,14-/m0/s1. The van der Waals surface area contributed by atoms with Crippen molar-refractivity contribution in [1.82, 2.24) is 0 Å². The minimum Gasteiger partial charge on any atom is -0.848 e. The van der Waals surface area contributed by atoms with Crippen molar-refractivity contribution in [2.75, 3.05) is 20.3 Å². The molecule has 5 N–H and O–H groups in total. The third-order valence-electron chi connectivity index (χ3n) is 4.34. The van der Waals surface area contributed by atoms with E-state index < -0.39 is 67.8 Å². The molecule has 24 heavy (non-hydrogen) atoms. The summed E-state index contributed by atoms with van der Waals surface area (Å²) in [7, 11) is 1.34. The van der Waals surface area contributed by atoms with E-state index in [1.807, 2.05) is 0 Å². The second kappa shape index (κ2) is 8.32. The Morgan fingerprint density at radius 2 is 1.79 bits per heavy atom. The summed E-state index contributed by atoms with van der Waals surface area (Å²) in [6.45, 7) is 0.879. The number of ether oxygens (including phenoxy) is 4. The number of methoxy groups -OCH3 is 1. The molecule has 2 fully saturated rings. The Morgan fingerprint density at radius 3 is 2.38 bits per heavy atom. The van der Waals surface area contributed by atoms with Crippen LogP contribution in [0, 0.1) is 0 Å². The Bertz CT molecular complexity index is 396. The molecular weight excluding hydrogens is 328 g/mol. The van der Waals surface area contributed by atoms with Gasteiger partial charge in [0, 0.05) is 7.11 Å². The SMILES string of the molecule is COC[C@@H](O)[C@@H]1O[C@@H](OC2C(O)[C@H](C)OC(CO)[C@H]2O)[C@@H](O)[C@H]1[O-]. The molecule has 0 saturated carbocycles. The van der Waals surface area contributed by atoms with Gasteiger partial charge in [0.05, 0.1) is 31.5 Å². The molecule has 2 saturated heterocycles. The predicted molar refractivity (Wildman–Crippen MR) is 74.6 cm³/mol. The molecule has 2 rings (SSSR count). The zero-order valence-corrected chi connectivity index (χ0v) is 13.5. The van der Waals surface area contributed by atoms with E-state index >= 15 is 0 Å². The van der Waals surface area contributed by atoms with E-state index in [4.69, 9.17) is 18.9 Å². The van der Waals surface area contributed by atoms with Gasteiger partial charge < -0.3 is 49.6 Å². The summed E-state index contributed by atoms with van der Waals surface area (Å²) in [6.07, 6.45) is -12.8. The summed E-state index contributed by atoms with van der Waals surface area (Å²) in [5.41, 5.74) is 0. The van der Waals surface area contributed by atoms with Gasteiger partial charge in [0.1, 0.15) is 30.5 Å². The van der Waals surface area contributed by atoms with Gasteiger partial charge in [0.25, 0.3) is 0 Å². The maximum atomic E-state index is 12.0. The van der Waals surface area contributed by atoms with Crippen molar-refractivity contribution < 1.29 is 49.6 Å². The largest absolute Gasteiger partial charge is 0.848 e. The molecule has 10 heteroatoms. The Labute approximate surface area is 139 Å². The Balaban J connectivity index is 2.06. The number of aliphatic hydroxyl groups excluding tert-OH is 5. The van der Waals surface area contributed by atoms with Gasteiger partial charge >= 0.3 is 0 Å². The van der Waals surface area contributed by atoms with E-state index in [9.17, 15) is 30.6 Å². The molecular formula is C14H25O10-. The van der Waals surface area contributed by atoms with Crippen LogP contribution in [0.5, 0.6) is 0 Å². The van der Waals surface area contributed by atoms with E-state index in [0.717, 1.165) is 0 Å². The molecule has 0 amide bonds. The van der Waals surface area contributed by atoms with Crippen molar-refractivity contribution in [2.24, 2.45) is 0 Å². The normalized spacial score (nSPS) is 47.8. The molecule has 0 aromatic carbocycles. The van der Waals surface area contributed by atoms with Gasteiger partial charge in [0.15, 0.2) is 6.29 Å². The first-order valence-corrected chi connectivity index (χ1v) is 7.76. The molecule has 0 bridgehead atoms. The van der Waals surface area contributed by atoms with Gasteiger partial charge in [-0.15, -0.1) is 0 Å². The molecule has 142 valence electrons. The zero-order chi connectivity index (χ0) is 18.0. The van der Waals surface area contributed by atoms with Gasteiger partial charge in [-0.3, -0.25) is 0 Å². The van der Waals surface area contributed by atoms with E-state index in [1.165, 1.54) is 14.0 Å². The van der Waals surface area contributed by atoms with E-state index in [2.05, 4.69) is 0 Å². The second-order valence-electron chi connectivity index (χ2n) is 6.09. The van der Waals surface area contributed by atoms with Crippen LogP contribution in [0.25, 0.3) is 0 Å². The fourth-order valence-electron chi connectivity index (χ4n) is 2.93. The smallest absolute Gasteiger partial charge is 0.183 e. The molecule has 10 nitrogen and oxygen atoms in total. The zero-order valence-electron chi connectivity index (χ0n) is 13.5.